The van der Waals surface area contributed by atoms with E-state index in [4.69, 9.17) is 4.74 Å². The van der Waals surface area contributed by atoms with Crippen LogP contribution in [0.15, 0.2) is 12.7 Å². The highest BCUT2D eigenvalue weighted by molar-refractivity contribution is 5.43. The van der Waals surface area contributed by atoms with Gasteiger partial charge >= 0.3 is 0 Å². The highest BCUT2D eigenvalue weighted by Gasteiger charge is 2.26. The monoisotopic (exact) mass is 411 g/mol. The summed E-state index contributed by atoms with van der Waals surface area (Å²) in [4.78, 5) is 15.4. The van der Waals surface area contributed by atoms with E-state index in [9.17, 15) is 17.6 Å². The first-order valence-corrected chi connectivity index (χ1v) is 8.92. The second kappa shape index (κ2) is 10.5. The van der Waals surface area contributed by atoms with Crippen LogP contribution >= 0.6 is 0 Å². The maximum atomic E-state index is 14.4. The van der Waals surface area contributed by atoms with E-state index in [1.165, 1.54) is 12.7 Å². The van der Waals surface area contributed by atoms with Crippen molar-refractivity contribution in [3.8, 4) is 17.7 Å². The highest BCUT2D eigenvalue weighted by Crippen LogP contribution is 2.29. The molecule has 0 amide bonds. The highest BCUT2D eigenvalue weighted by atomic mass is 19.2. The Labute approximate surface area is 166 Å². The van der Waals surface area contributed by atoms with Gasteiger partial charge in [-0.1, -0.05) is 19.8 Å². The van der Waals surface area contributed by atoms with Gasteiger partial charge < -0.3 is 9.64 Å². The van der Waals surface area contributed by atoms with Crippen molar-refractivity contribution in [2.75, 3.05) is 24.6 Å². The van der Waals surface area contributed by atoms with Gasteiger partial charge in [0.25, 0.3) is 17.8 Å². The number of anilines is 1. The van der Waals surface area contributed by atoms with Crippen LogP contribution in [-0.2, 0) is 0 Å². The molecular formula is C19H21F4N5O. The summed E-state index contributed by atoms with van der Waals surface area (Å²) in [5, 5.41) is 0. The molecule has 3 heterocycles. The molecule has 6 nitrogen and oxygen atoms in total. The smallest absolute Gasteiger partial charge is 0.256 e. The van der Waals surface area contributed by atoms with Gasteiger partial charge in [-0.15, -0.1) is 5.92 Å². The summed E-state index contributed by atoms with van der Waals surface area (Å²) >= 11 is 0. The minimum atomic E-state index is -1.64. The van der Waals surface area contributed by atoms with Crippen molar-refractivity contribution in [2.45, 2.75) is 27.2 Å². The fourth-order valence-electron chi connectivity index (χ4n) is 3.01. The summed E-state index contributed by atoms with van der Waals surface area (Å²) in [7, 11) is 0. The van der Waals surface area contributed by atoms with E-state index >= 15 is 0 Å². The van der Waals surface area contributed by atoms with Crippen LogP contribution < -0.4 is 9.64 Å². The van der Waals surface area contributed by atoms with E-state index in [-0.39, 0.29) is 12.5 Å². The Balaban J connectivity index is 0.000000278. The van der Waals surface area contributed by atoms with Crippen molar-refractivity contribution >= 4 is 5.82 Å². The Morgan fingerprint density at radius 2 is 1.55 bits per heavy atom. The van der Waals surface area contributed by atoms with Gasteiger partial charge in [0.2, 0.25) is 11.6 Å². The van der Waals surface area contributed by atoms with Crippen molar-refractivity contribution in [3.05, 3.63) is 36.2 Å². The lowest BCUT2D eigenvalue weighted by Crippen LogP contribution is -2.39. The number of aromatic nitrogens is 4. The molecule has 0 radical (unpaired) electrons. The molecule has 0 bridgehead atoms. The van der Waals surface area contributed by atoms with Crippen LogP contribution in [0.3, 0.4) is 0 Å². The SMILES string of the molecule is CC#CCOc1ncnc(N2CC(C)CC(C)C2)c1F.Fc1ncnc(F)c1F. The topological polar surface area (TPSA) is 64.0 Å². The number of piperidine rings is 1. The molecule has 0 spiro atoms. The Morgan fingerprint density at radius 1 is 0.966 bits per heavy atom. The molecule has 156 valence electrons. The minimum Gasteiger partial charge on any atom is -0.462 e. The average molecular weight is 411 g/mol. The minimum absolute atomic E-state index is 0.0244. The third kappa shape index (κ3) is 6.27. The fourth-order valence-corrected chi connectivity index (χ4v) is 3.01. The number of rotatable bonds is 3. The van der Waals surface area contributed by atoms with Crippen LogP contribution in [0.1, 0.15) is 27.2 Å². The van der Waals surface area contributed by atoms with Gasteiger partial charge in [-0.3, -0.25) is 0 Å². The van der Waals surface area contributed by atoms with Crippen molar-refractivity contribution in [2.24, 2.45) is 11.8 Å². The van der Waals surface area contributed by atoms with Gasteiger partial charge in [-0.2, -0.15) is 22.5 Å². The lowest BCUT2D eigenvalue weighted by molar-refractivity contribution is 0.325. The number of hydrogen-bond donors (Lipinski definition) is 0. The second-order valence-electron chi connectivity index (χ2n) is 6.65. The molecule has 29 heavy (non-hydrogen) atoms. The predicted molar refractivity (Wildman–Crippen MR) is 98.0 cm³/mol. The third-order valence-corrected chi connectivity index (χ3v) is 4.07. The summed E-state index contributed by atoms with van der Waals surface area (Å²) in [6.07, 6.45) is 3.11. The molecule has 1 saturated heterocycles. The third-order valence-electron chi connectivity index (χ3n) is 4.07. The largest absolute Gasteiger partial charge is 0.462 e. The van der Waals surface area contributed by atoms with Crippen molar-refractivity contribution in [1.29, 1.82) is 0 Å². The molecular weight excluding hydrogens is 390 g/mol. The number of nitrogens with zero attached hydrogens (tertiary/aromatic N) is 5. The number of hydrogen-bond acceptors (Lipinski definition) is 6. The first kappa shape index (κ1) is 22.3. The maximum Gasteiger partial charge on any atom is 0.256 e. The van der Waals surface area contributed by atoms with Gasteiger partial charge in [0, 0.05) is 13.1 Å². The van der Waals surface area contributed by atoms with Gasteiger partial charge in [0.05, 0.1) is 0 Å². The quantitative estimate of drug-likeness (QED) is 0.438. The zero-order chi connectivity index (χ0) is 21.4. The van der Waals surface area contributed by atoms with Gasteiger partial charge in [-0.25, -0.2) is 15.0 Å². The lowest BCUT2D eigenvalue weighted by Gasteiger charge is -2.35. The standard InChI is InChI=1S/C15H20FN3O.C4HF3N2/c1-4-5-6-20-15-13(16)14(17-10-18-15)19-8-11(2)7-12(3)9-19;5-2-3(6)8-1-9-4(2)7/h10-12H,6-9H2,1-3H3;1H. The maximum absolute atomic E-state index is 14.4. The molecule has 0 saturated carbocycles. The van der Waals surface area contributed by atoms with E-state index in [2.05, 4.69) is 45.6 Å². The van der Waals surface area contributed by atoms with Crippen LogP contribution in [0.4, 0.5) is 23.4 Å². The van der Waals surface area contributed by atoms with E-state index in [0.717, 1.165) is 13.1 Å². The van der Waals surface area contributed by atoms with Crippen LogP contribution in [0.5, 0.6) is 5.88 Å². The summed E-state index contributed by atoms with van der Waals surface area (Å²) < 4.78 is 55.1. The van der Waals surface area contributed by atoms with E-state index < -0.39 is 23.5 Å². The first-order valence-electron chi connectivity index (χ1n) is 8.92. The number of halogens is 4. The Bertz CT molecular complexity index is 856. The first-order chi connectivity index (χ1) is 13.8. The lowest BCUT2D eigenvalue weighted by atomic mass is 9.92. The van der Waals surface area contributed by atoms with Gasteiger partial charge in [-0.05, 0) is 25.2 Å². The van der Waals surface area contributed by atoms with Crippen molar-refractivity contribution < 1.29 is 22.3 Å². The zero-order valence-electron chi connectivity index (χ0n) is 16.3. The van der Waals surface area contributed by atoms with Crippen LogP contribution in [-0.4, -0.2) is 39.6 Å². The van der Waals surface area contributed by atoms with Gasteiger partial charge in [0.15, 0.2) is 12.4 Å². The Kier molecular flexibility index (Phi) is 8.12. The molecule has 0 N–H and O–H groups in total. The molecule has 10 heteroatoms. The van der Waals surface area contributed by atoms with E-state index in [1.54, 1.807) is 6.92 Å². The molecule has 2 atom stereocenters. The van der Waals surface area contributed by atoms with Crippen LogP contribution in [0, 0.1) is 47.2 Å². The molecule has 2 unspecified atom stereocenters. The van der Waals surface area contributed by atoms with E-state index in [1.807, 2.05) is 4.90 Å². The molecule has 1 aliphatic rings. The molecule has 2 aromatic rings. The van der Waals surface area contributed by atoms with Crippen molar-refractivity contribution in [3.63, 3.8) is 0 Å². The molecule has 0 aliphatic carbocycles. The fraction of sp³-hybridized carbons (Fsp3) is 0.474. The molecule has 1 fully saturated rings. The predicted octanol–water partition coefficient (Wildman–Crippen LogP) is 3.39. The average Bonchev–Trinajstić information content (AvgIpc) is 2.67. The summed E-state index contributed by atoms with van der Waals surface area (Å²) in [6, 6.07) is 0. The summed E-state index contributed by atoms with van der Waals surface area (Å²) in [5.74, 6) is 1.71. The zero-order valence-corrected chi connectivity index (χ0v) is 16.3. The van der Waals surface area contributed by atoms with Crippen LogP contribution in [0.25, 0.3) is 0 Å². The normalized spacial score (nSPS) is 18.2. The van der Waals surface area contributed by atoms with Crippen molar-refractivity contribution in [1.82, 2.24) is 19.9 Å². The van der Waals surface area contributed by atoms with Crippen LogP contribution in [0.2, 0.25) is 0 Å². The molecule has 3 rings (SSSR count). The molecule has 2 aromatic heterocycles. The molecule has 1 aliphatic heterocycles. The Hall–Kier alpha value is -2.96. The van der Waals surface area contributed by atoms with E-state index in [0.29, 0.717) is 24.0 Å². The second-order valence-corrected chi connectivity index (χ2v) is 6.65. The Morgan fingerprint density at radius 3 is 2.10 bits per heavy atom. The summed E-state index contributed by atoms with van der Waals surface area (Å²) in [5.41, 5.74) is 0. The molecule has 0 aromatic carbocycles. The summed E-state index contributed by atoms with van der Waals surface area (Å²) in [6.45, 7) is 7.82. The number of ether oxygens (including phenoxy) is 1. The van der Waals surface area contributed by atoms with Gasteiger partial charge in [0.1, 0.15) is 12.7 Å².